The average Bonchev–Trinajstić information content (AvgIpc) is 2.61. The summed E-state index contributed by atoms with van der Waals surface area (Å²) in [6.45, 7) is 6.90. The molecule has 0 fully saturated rings. The highest BCUT2D eigenvalue weighted by atomic mass is 32.2. The number of benzene rings is 1. The van der Waals surface area contributed by atoms with E-state index in [1.807, 2.05) is 19.9 Å². The van der Waals surface area contributed by atoms with E-state index in [0.717, 1.165) is 23.0 Å². The molecule has 0 saturated carbocycles. The van der Waals surface area contributed by atoms with Gasteiger partial charge < -0.3 is 10.3 Å². The molecule has 7 nitrogen and oxygen atoms in total. The van der Waals surface area contributed by atoms with Gasteiger partial charge in [-0.05, 0) is 63.6 Å². The van der Waals surface area contributed by atoms with Gasteiger partial charge in [0.1, 0.15) is 0 Å². The molecule has 0 unspecified atom stereocenters. The van der Waals surface area contributed by atoms with Crippen molar-refractivity contribution in [1.29, 1.82) is 0 Å². The third-order valence-corrected chi connectivity index (χ3v) is 5.18. The Labute approximate surface area is 166 Å². The number of fused-ring (bicyclic) bond motifs is 1. The van der Waals surface area contributed by atoms with Crippen molar-refractivity contribution in [1.82, 2.24) is 15.0 Å². The van der Waals surface area contributed by atoms with Gasteiger partial charge in [-0.2, -0.15) is 0 Å². The molecule has 1 amide bonds. The first-order chi connectivity index (χ1) is 13.2. The average molecular weight is 396 g/mol. The Hall–Kier alpha value is -3.00. The van der Waals surface area contributed by atoms with Crippen LogP contribution >= 0.6 is 11.8 Å². The number of H-pyrrole nitrogens is 1. The fraction of sp³-hybridized carbons (Fsp3) is 0.250. The van der Waals surface area contributed by atoms with Crippen LogP contribution in [-0.2, 0) is 4.79 Å². The second kappa shape index (κ2) is 7.93. The van der Waals surface area contributed by atoms with Crippen molar-refractivity contribution in [2.24, 2.45) is 0 Å². The molecule has 0 bridgehead atoms. The molecule has 0 radical (unpaired) electrons. The maximum absolute atomic E-state index is 12.5. The number of carbonyl (C=O) groups excluding carboxylic acids is 2. The van der Waals surface area contributed by atoms with Crippen molar-refractivity contribution in [2.75, 3.05) is 5.32 Å². The number of nitrogens with one attached hydrogen (secondary N) is 2. The molecule has 3 aromatic rings. The Morgan fingerprint density at radius 1 is 1.14 bits per heavy atom. The molecule has 1 aromatic carbocycles. The minimum Gasteiger partial charge on any atom is -0.325 e. The van der Waals surface area contributed by atoms with E-state index in [1.165, 1.54) is 6.92 Å². The second-order valence-electron chi connectivity index (χ2n) is 6.53. The molecule has 2 N–H and O–H groups in total. The zero-order valence-electron chi connectivity index (χ0n) is 16.0. The molecule has 0 saturated heterocycles. The van der Waals surface area contributed by atoms with Crippen LogP contribution in [0.5, 0.6) is 0 Å². The molecule has 2 aromatic heterocycles. The molecule has 0 aliphatic carbocycles. The van der Waals surface area contributed by atoms with E-state index in [1.54, 1.807) is 31.2 Å². The van der Waals surface area contributed by atoms with Crippen molar-refractivity contribution in [2.45, 2.75) is 38.1 Å². The lowest BCUT2D eigenvalue weighted by molar-refractivity contribution is -0.115. The Balaban J connectivity index is 1.76. The van der Waals surface area contributed by atoms with Gasteiger partial charge in [-0.25, -0.2) is 9.97 Å². The molecule has 144 valence electrons. The lowest BCUT2D eigenvalue weighted by atomic mass is 10.1. The standard InChI is InChI=1S/C20H20N4O3S/c1-10-9-11(2)21-17-16(10)19(27)24-20(23-17)28-13(4)18(26)22-15-7-5-14(6-8-15)12(3)25/h5-9,13H,1-4H3,(H,22,26)(H,21,23,24,27)/t13-/m0/s1. The lowest BCUT2D eigenvalue weighted by Gasteiger charge is -2.12. The van der Waals surface area contributed by atoms with Gasteiger partial charge in [0.2, 0.25) is 5.91 Å². The summed E-state index contributed by atoms with van der Waals surface area (Å²) in [7, 11) is 0. The summed E-state index contributed by atoms with van der Waals surface area (Å²) in [5, 5.41) is 3.08. The van der Waals surface area contributed by atoms with E-state index in [4.69, 9.17) is 0 Å². The zero-order valence-corrected chi connectivity index (χ0v) is 16.8. The van der Waals surface area contributed by atoms with E-state index in [0.29, 0.717) is 27.4 Å². The van der Waals surface area contributed by atoms with Gasteiger partial charge >= 0.3 is 0 Å². The summed E-state index contributed by atoms with van der Waals surface area (Å²) in [6, 6.07) is 8.51. The normalized spacial score (nSPS) is 12.0. The van der Waals surface area contributed by atoms with Crippen LogP contribution in [0.3, 0.4) is 0 Å². The molecule has 0 spiro atoms. The number of ketones is 1. The van der Waals surface area contributed by atoms with Crippen molar-refractivity contribution in [3.8, 4) is 0 Å². The molecule has 8 heteroatoms. The highest BCUT2D eigenvalue weighted by molar-refractivity contribution is 8.00. The van der Waals surface area contributed by atoms with Crippen molar-refractivity contribution in [3.05, 3.63) is 57.5 Å². The predicted octanol–water partition coefficient (Wildman–Crippen LogP) is 3.26. The van der Waals surface area contributed by atoms with Crippen LogP contribution in [0.2, 0.25) is 0 Å². The highest BCUT2D eigenvalue weighted by Crippen LogP contribution is 2.22. The van der Waals surface area contributed by atoms with Gasteiger partial charge in [0, 0.05) is 16.9 Å². The lowest BCUT2D eigenvalue weighted by Crippen LogP contribution is -2.23. The van der Waals surface area contributed by atoms with E-state index < -0.39 is 5.25 Å². The number of pyridine rings is 1. The van der Waals surface area contributed by atoms with Crippen molar-refractivity contribution >= 4 is 40.2 Å². The molecular formula is C20H20N4O3S. The van der Waals surface area contributed by atoms with Crippen LogP contribution in [0.4, 0.5) is 5.69 Å². The summed E-state index contributed by atoms with van der Waals surface area (Å²) < 4.78 is 0. The number of hydrogen-bond acceptors (Lipinski definition) is 6. The number of carbonyl (C=O) groups is 2. The van der Waals surface area contributed by atoms with Crippen LogP contribution in [0.15, 0.2) is 40.3 Å². The van der Waals surface area contributed by atoms with Crippen LogP contribution in [0, 0.1) is 13.8 Å². The quantitative estimate of drug-likeness (QED) is 0.390. The number of aryl methyl sites for hydroxylation is 2. The fourth-order valence-electron chi connectivity index (χ4n) is 2.77. The summed E-state index contributed by atoms with van der Waals surface area (Å²) in [4.78, 5) is 47.6. The number of rotatable bonds is 5. The Kier molecular flexibility index (Phi) is 5.60. The Morgan fingerprint density at radius 2 is 1.82 bits per heavy atom. The van der Waals surface area contributed by atoms with Crippen LogP contribution < -0.4 is 10.9 Å². The van der Waals surface area contributed by atoms with E-state index in [9.17, 15) is 14.4 Å². The van der Waals surface area contributed by atoms with Gasteiger partial charge in [-0.1, -0.05) is 11.8 Å². The first-order valence-corrected chi connectivity index (χ1v) is 9.59. The van der Waals surface area contributed by atoms with Crippen molar-refractivity contribution < 1.29 is 9.59 Å². The highest BCUT2D eigenvalue weighted by Gasteiger charge is 2.18. The number of thioether (sulfide) groups is 1. The Morgan fingerprint density at radius 3 is 2.46 bits per heavy atom. The number of aromatic nitrogens is 3. The van der Waals surface area contributed by atoms with E-state index >= 15 is 0 Å². The minimum absolute atomic E-state index is 0.0350. The maximum atomic E-state index is 12.5. The van der Waals surface area contributed by atoms with Gasteiger partial charge in [-0.15, -0.1) is 0 Å². The SMILES string of the molecule is CC(=O)c1ccc(NC(=O)[C@H](C)Sc2nc3nc(C)cc(C)c3c(=O)[nH]2)cc1. The number of nitrogens with zero attached hydrogens (tertiary/aromatic N) is 2. The molecule has 2 heterocycles. The monoisotopic (exact) mass is 396 g/mol. The van der Waals surface area contributed by atoms with Gasteiger partial charge in [-0.3, -0.25) is 14.4 Å². The van der Waals surface area contributed by atoms with E-state index in [2.05, 4.69) is 20.3 Å². The summed E-state index contributed by atoms with van der Waals surface area (Å²) in [5.41, 5.74) is 2.86. The first-order valence-electron chi connectivity index (χ1n) is 8.71. The smallest absolute Gasteiger partial charge is 0.261 e. The number of aromatic amines is 1. The number of hydrogen-bond donors (Lipinski definition) is 2. The third kappa shape index (κ3) is 4.28. The summed E-state index contributed by atoms with van der Waals surface area (Å²) in [5.74, 6) is -0.274. The fourth-order valence-corrected chi connectivity index (χ4v) is 3.56. The van der Waals surface area contributed by atoms with Gasteiger partial charge in [0.15, 0.2) is 16.6 Å². The number of amides is 1. The number of Topliss-reactive ketones (excluding diaryl/α,β-unsaturated/α-hetero) is 1. The summed E-state index contributed by atoms with van der Waals surface area (Å²) in [6.07, 6.45) is 0. The zero-order chi connectivity index (χ0) is 20.4. The molecule has 1 atom stereocenters. The Bertz CT molecular complexity index is 1120. The largest absolute Gasteiger partial charge is 0.325 e. The number of anilines is 1. The molecule has 3 rings (SSSR count). The summed E-state index contributed by atoms with van der Waals surface area (Å²) >= 11 is 1.15. The molecule has 28 heavy (non-hydrogen) atoms. The van der Waals surface area contributed by atoms with Crippen LogP contribution in [-0.4, -0.2) is 31.9 Å². The predicted molar refractivity (Wildman–Crippen MR) is 110 cm³/mol. The third-order valence-electron chi connectivity index (χ3n) is 4.20. The first kappa shape index (κ1) is 19.8. The maximum Gasteiger partial charge on any atom is 0.261 e. The van der Waals surface area contributed by atoms with Gasteiger partial charge in [0.25, 0.3) is 5.56 Å². The molecule has 0 aliphatic rings. The topological polar surface area (TPSA) is 105 Å². The van der Waals surface area contributed by atoms with Crippen LogP contribution in [0.25, 0.3) is 11.0 Å². The van der Waals surface area contributed by atoms with Gasteiger partial charge in [0.05, 0.1) is 10.6 Å². The van der Waals surface area contributed by atoms with Crippen LogP contribution in [0.1, 0.15) is 35.5 Å². The molecular weight excluding hydrogens is 376 g/mol. The van der Waals surface area contributed by atoms with Crippen molar-refractivity contribution in [3.63, 3.8) is 0 Å². The van der Waals surface area contributed by atoms with E-state index in [-0.39, 0.29) is 17.2 Å². The second-order valence-corrected chi connectivity index (χ2v) is 7.86. The molecule has 0 aliphatic heterocycles. The minimum atomic E-state index is -0.501.